The highest BCUT2D eigenvalue weighted by Gasteiger charge is 2.15. The summed E-state index contributed by atoms with van der Waals surface area (Å²) in [7, 11) is 0. The zero-order valence-corrected chi connectivity index (χ0v) is 13.2. The molecular weight excluding hydrogens is 294 g/mol. The molecule has 3 aromatic rings. The lowest BCUT2D eigenvalue weighted by molar-refractivity contribution is 0.0493. The number of unbranched alkanes of at least 4 members (excludes halogenated alkanes) is 1. The van der Waals surface area contributed by atoms with Crippen molar-refractivity contribution in [2.24, 2.45) is 0 Å². The van der Waals surface area contributed by atoms with E-state index in [1.54, 1.807) is 11.3 Å². The second kappa shape index (κ2) is 6.71. The summed E-state index contributed by atoms with van der Waals surface area (Å²) in [5.74, 6) is -0.346. The molecular formula is C18H17NO2S. The molecule has 2 aromatic heterocycles. The quantitative estimate of drug-likeness (QED) is 0.496. The van der Waals surface area contributed by atoms with Gasteiger partial charge in [0.15, 0.2) is 5.69 Å². The van der Waals surface area contributed by atoms with Crippen molar-refractivity contribution in [1.82, 2.24) is 4.98 Å². The number of nitrogens with zero attached hydrogens (tertiary/aromatic N) is 1. The van der Waals surface area contributed by atoms with Crippen LogP contribution in [0.3, 0.4) is 0 Å². The Labute approximate surface area is 133 Å². The number of carbonyl (C=O) groups excluding carboxylic acids is 1. The summed E-state index contributed by atoms with van der Waals surface area (Å²) in [6.07, 6.45) is 1.87. The smallest absolute Gasteiger partial charge is 0.356 e. The first-order chi connectivity index (χ1) is 10.8. The summed E-state index contributed by atoms with van der Waals surface area (Å²) in [6, 6.07) is 13.8. The molecule has 0 bridgehead atoms. The monoisotopic (exact) mass is 311 g/mol. The molecule has 22 heavy (non-hydrogen) atoms. The molecule has 0 unspecified atom stereocenters. The van der Waals surface area contributed by atoms with E-state index in [2.05, 4.69) is 11.9 Å². The maximum absolute atomic E-state index is 12.2. The van der Waals surface area contributed by atoms with E-state index in [4.69, 9.17) is 4.74 Å². The van der Waals surface area contributed by atoms with E-state index in [-0.39, 0.29) is 5.97 Å². The Balaban J connectivity index is 2.01. The van der Waals surface area contributed by atoms with Crippen LogP contribution < -0.4 is 0 Å². The molecule has 1 aromatic carbocycles. The van der Waals surface area contributed by atoms with Gasteiger partial charge in [0, 0.05) is 15.6 Å². The van der Waals surface area contributed by atoms with Gasteiger partial charge in [-0.25, -0.2) is 9.78 Å². The average Bonchev–Trinajstić information content (AvgIpc) is 3.03. The summed E-state index contributed by atoms with van der Waals surface area (Å²) in [5.41, 5.74) is 2.22. The molecule has 0 radical (unpaired) electrons. The Morgan fingerprint density at radius 1 is 1.23 bits per heavy atom. The molecule has 0 aliphatic rings. The van der Waals surface area contributed by atoms with Crippen LogP contribution in [0, 0.1) is 0 Å². The van der Waals surface area contributed by atoms with Crippen molar-refractivity contribution >= 4 is 27.4 Å². The summed E-state index contributed by atoms with van der Waals surface area (Å²) in [5, 5.41) is 3.09. The van der Waals surface area contributed by atoms with Crippen molar-refractivity contribution in [2.45, 2.75) is 19.8 Å². The van der Waals surface area contributed by atoms with Gasteiger partial charge < -0.3 is 4.74 Å². The number of thiophene rings is 1. The lowest BCUT2D eigenvalue weighted by Gasteiger charge is -2.07. The molecule has 3 nitrogen and oxygen atoms in total. The van der Waals surface area contributed by atoms with Crippen LogP contribution in [0.1, 0.15) is 30.3 Å². The molecule has 0 amide bonds. The van der Waals surface area contributed by atoms with Gasteiger partial charge >= 0.3 is 5.97 Å². The molecule has 2 heterocycles. The van der Waals surface area contributed by atoms with E-state index in [1.165, 1.54) is 0 Å². The molecule has 0 saturated heterocycles. The van der Waals surface area contributed by atoms with Crippen molar-refractivity contribution in [3.05, 3.63) is 53.5 Å². The highest BCUT2D eigenvalue weighted by Crippen LogP contribution is 2.31. The van der Waals surface area contributed by atoms with Gasteiger partial charge in [0.2, 0.25) is 0 Å². The number of pyridine rings is 1. The zero-order chi connectivity index (χ0) is 15.4. The van der Waals surface area contributed by atoms with Gasteiger partial charge in [0.25, 0.3) is 0 Å². The molecule has 112 valence electrons. The van der Waals surface area contributed by atoms with Crippen LogP contribution in [0.15, 0.2) is 47.8 Å². The van der Waals surface area contributed by atoms with Crippen LogP contribution in [0.25, 0.3) is 21.3 Å². The number of benzene rings is 1. The Morgan fingerprint density at radius 3 is 2.82 bits per heavy atom. The number of aromatic nitrogens is 1. The van der Waals surface area contributed by atoms with Gasteiger partial charge in [-0.1, -0.05) is 43.7 Å². The van der Waals surface area contributed by atoms with Crippen LogP contribution in [-0.2, 0) is 4.74 Å². The predicted molar refractivity (Wildman–Crippen MR) is 90.2 cm³/mol. The Morgan fingerprint density at radius 2 is 2.05 bits per heavy atom. The van der Waals surface area contributed by atoms with Crippen LogP contribution >= 0.6 is 11.3 Å². The molecule has 0 aliphatic heterocycles. The highest BCUT2D eigenvalue weighted by molar-refractivity contribution is 7.17. The van der Waals surface area contributed by atoms with Crippen molar-refractivity contribution in [3.63, 3.8) is 0 Å². The molecule has 0 aliphatic carbocycles. The van der Waals surface area contributed by atoms with Crippen LogP contribution in [0.2, 0.25) is 0 Å². The minimum atomic E-state index is -0.346. The molecule has 0 spiro atoms. The third-order valence-electron chi connectivity index (χ3n) is 3.44. The van der Waals surface area contributed by atoms with Gasteiger partial charge in [0.05, 0.1) is 12.3 Å². The highest BCUT2D eigenvalue weighted by atomic mass is 32.1. The number of ether oxygens (including phenoxy) is 1. The maximum Gasteiger partial charge on any atom is 0.356 e. The van der Waals surface area contributed by atoms with Gasteiger partial charge in [-0.2, -0.15) is 0 Å². The minimum absolute atomic E-state index is 0.346. The Kier molecular flexibility index (Phi) is 4.49. The number of fused-ring (bicyclic) bond motifs is 1. The van der Waals surface area contributed by atoms with Gasteiger partial charge in [-0.15, -0.1) is 11.3 Å². The first-order valence-corrected chi connectivity index (χ1v) is 8.28. The van der Waals surface area contributed by atoms with E-state index in [0.717, 1.165) is 34.2 Å². The standard InChI is InChI=1S/C18H17NO2S/c1-2-3-10-21-18(20)15-12-16-14(9-11-22-16)17(19-15)13-7-5-4-6-8-13/h4-9,11-12H,2-3,10H2,1H3. The number of esters is 1. The maximum atomic E-state index is 12.2. The van der Waals surface area contributed by atoms with E-state index in [9.17, 15) is 4.79 Å². The molecule has 0 fully saturated rings. The third-order valence-corrected chi connectivity index (χ3v) is 4.30. The first kappa shape index (κ1) is 14.7. The minimum Gasteiger partial charge on any atom is -0.461 e. The summed E-state index contributed by atoms with van der Waals surface area (Å²) >= 11 is 1.61. The van der Waals surface area contributed by atoms with E-state index >= 15 is 0 Å². The predicted octanol–water partition coefficient (Wildman–Crippen LogP) is 4.92. The Hall–Kier alpha value is -2.20. The van der Waals surface area contributed by atoms with E-state index in [1.807, 2.05) is 47.8 Å². The summed E-state index contributed by atoms with van der Waals surface area (Å²) < 4.78 is 6.34. The number of hydrogen-bond acceptors (Lipinski definition) is 4. The third kappa shape index (κ3) is 3.02. The fourth-order valence-corrected chi connectivity index (χ4v) is 3.09. The number of hydrogen-bond donors (Lipinski definition) is 0. The van der Waals surface area contributed by atoms with Gasteiger partial charge in [-0.05, 0) is 23.9 Å². The number of rotatable bonds is 5. The molecule has 4 heteroatoms. The van der Waals surface area contributed by atoms with Crippen LogP contribution in [0.5, 0.6) is 0 Å². The van der Waals surface area contributed by atoms with Crippen molar-refractivity contribution in [2.75, 3.05) is 6.61 Å². The zero-order valence-electron chi connectivity index (χ0n) is 12.4. The molecule has 0 N–H and O–H groups in total. The van der Waals surface area contributed by atoms with Crippen molar-refractivity contribution in [3.8, 4) is 11.3 Å². The van der Waals surface area contributed by atoms with Crippen LogP contribution in [0.4, 0.5) is 0 Å². The second-order valence-electron chi connectivity index (χ2n) is 5.04. The normalized spacial score (nSPS) is 10.8. The molecule has 0 saturated carbocycles. The Bertz CT molecular complexity index is 780. The molecule has 3 rings (SSSR count). The lowest BCUT2D eigenvalue weighted by atomic mass is 10.1. The topological polar surface area (TPSA) is 39.2 Å². The largest absolute Gasteiger partial charge is 0.461 e. The lowest BCUT2D eigenvalue weighted by Crippen LogP contribution is -2.09. The van der Waals surface area contributed by atoms with E-state index in [0.29, 0.717) is 12.3 Å². The first-order valence-electron chi connectivity index (χ1n) is 7.40. The van der Waals surface area contributed by atoms with E-state index < -0.39 is 0 Å². The van der Waals surface area contributed by atoms with Gasteiger partial charge in [-0.3, -0.25) is 0 Å². The fourth-order valence-electron chi connectivity index (χ4n) is 2.27. The van der Waals surface area contributed by atoms with Gasteiger partial charge in [0.1, 0.15) is 0 Å². The number of carbonyl (C=O) groups is 1. The van der Waals surface area contributed by atoms with Crippen molar-refractivity contribution < 1.29 is 9.53 Å². The SMILES string of the molecule is CCCCOC(=O)c1cc2sccc2c(-c2ccccc2)n1. The average molecular weight is 311 g/mol. The summed E-state index contributed by atoms with van der Waals surface area (Å²) in [4.78, 5) is 16.7. The fraction of sp³-hybridized carbons (Fsp3) is 0.222. The van der Waals surface area contributed by atoms with Crippen molar-refractivity contribution in [1.29, 1.82) is 0 Å². The second-order valence-corrected chi connectivity index (χ2v) is 5.99. The molecule has 0 atom stereocenters. The summed E-state index contributed by atoms with van der Waals surface area (Å²) in [6.45, 7) is 2.51. The van der Waals surface area contributed by atoms with Crippen LogP contribution in [-0.4, -0.2) is 17.6 Å².